The summed E-state index contributed by atoms with van der Waals surface area (Å²) in [5.74, 6) is -1.26. The fraction of sp³-hybridized carbons (Fsp3) is 0.200. The van der Waals surface area contributed by atoms with Crippen LogP contribution in [0.1, 0.15) is 27.3 Å². The Morgan fingerprint density at radius 2 is 1.76 bits per heavy atom. The van der Waals surface area contributed by atoms with Gasteiger partial charge in [0.25, 0.3) is 5.91 Å². The summed E-state index contributed by atoms with van der Waals surface area (Å²) in [5.41, 5.74) is 2.01. The van der Waals surface area contributed by atoms with Gasteiger partial charge in [-0.3, -0.25) is 4.79 Å². The van der Waals surface area contributed by atoms with Crippen molar-refractivity contribution in [3.8, 4) is 11.4 Å². The first-order valence-corrected chi connectivity index (χ1v) is 8.59. The van der Waals surface area contributed by atoms with E-state index in [4.69, 9.17) is 0 Å². The van der Waals surface area contributed by atoms with Crippen molar-refractivity contribution in [2.24, 2.45) is 0 Å². The van der Waals surface area contributed by atoms with E-state index < -0.39 is 18.1 Å². The van der Waals surface area contributed by atoms with Crippen LogP contribution in [0.15, 0.2) is 48.5 Å². The molecule has 1 N–H and O–H groups in total. The summed E-state index contributed by atoms with van der Waals surface area (Å²) in [5, 5.41) is 6.91. The van der Waals surface area contributed by atoms with Crippen LogP contribution in [0.4, 0.5) is 17.6 Å². The maximum absolute atomic E-state index is 13.1. The van der Waals surface area contributed by atoms with Gasteiger partial charge in [0.1, 0.15) is 11.6 Å². The van der Waals surface area contributed by atoms with Gasteiger partial charge in [-0.1, -0.05) is 18.2 Å². The molecule has 0 radical (unpaired) electrons. The summed E-state index contributed by atoms with van der Waals surface area (Å²) in [6.45, 7) is 3.16. The molecule has 1 heterocycles. The Bertz CT molecular complexity index is 1030. The van der Waals surface area contributed by atoms with E-state index in [9.17, 15) is 22.4 Å². The number of para-hydroxylation sites is 1. The highest BCUT2D eigenvalue weighted by molar-refractivity contribution is 5.96. The van der Waals surface area contributed by atoms with Crippen molar-refractivity contribution < 1.29 is 27.1 Å². The maximum atomic E-state index is 13.1. The lowest BCUT2D eigenvalue weighted by Crippen LogP contribution is -2.25. The molecule has 0 atom stereocenters. The van der Waals surface area contributed by atoms with Crippen molar-refractivity contribution in [2.75, 3.05) is 0 Å². The zero-order valence-electron chi connectivity index (χ0n) is 15.5. The maximum Gasteiger partial charge on any atom is 0.573 e. The minimum atomic E-state index is -4.83. The van der Waals surface area contributed by atoms with Crippen molar-refractivity contribution in [1.29, 1.82) is 0 Å². The molecular weight excluding hydrogens is 390 g/mol. The zero-order chi connectivity index (χ0) is 21.2. The number of halogens is 4. The molecule has 9 heteroatoms. The summed E-state index contributed by atoms with van der Waals surface area (Å²) in [4.78, 5) is 12.7. The van der Waals surface area contributed by atoms with Crippen molar-refractivity contribution in [3.63, 3.8) is 0 Å². The van der Waals surface area contributed by atoms with Crippen LogP contribution in [0.5, 0.6) is 5.75 Å². The molecule has 5 nitrogen and oxygen atoms in total. The second-order valence-electron chi connectivity index (χ2n) is 6.27. The third-order valence-corrected chi connectivity index (χ3v) is 4.23. The third-order valence-electron chi connectivity index (χ3n) is 4.23. The molecule has 0 aliphatic carbocycles. The Labute approximate surface area is 163 Å². The number of ether oxygens (including phenoxy) is 1. The standard InChI is InChI=1S/C20H17F4N3O2/c1-12-18(13(2)27(26-12)16-9-7-15(21)8-10-16)19(28)25-11-14-5-3-4-6-17(14)29-20(22,23)24/h3-10H,11H2,1-2H3,(H,25,28). The van der Waals surface area contributed by atoms with E-state index in [0.29, 0.717) is 22.6 Å². The van der Waals surface area contributed by atoms with Gasteiger partial charge in [-0.25, -0.2) is 9.07 Å². The smallest absolute Gasteiger partial charge is 0.405 e. The molecule has 0 fully saturated rings. The first-order chi connectivity index (χ1) is 13.7. The molecule has 0 spiro atoms. The summed E-state index contributed by atoms with van der Waals surface area (Å²) in [6.07, 6.45) is -4.83. The van der Waals surface area contributed by atoms with Gasteiger partial charge in [-0.2, -0.15) is 5.10 Å². The summed E-state index contributed by atoms with van der Waals surface area (Å²) < 4.78 is 56.2. The van der Waals surface area contributed by atoms with Crippen molar-refractivity contribution in [3.05, 3.63) is 76.9 Å². The molecule has 3 rings (SSSR count). The first kappa shape index (κ1) is 20.4. The average molecular weight is 407 g/mol. The molecule has 1 amide bonds. The Hall–Kier alpha value is -3.36. The number of hydrogen-bond donors (Lipinski definition) is 1. The molecule has 0 unspecified atom stereocenters. The van der Waals surface area contributed by atoms with Gasteiger partial charge in [-0.15, -0.1) is 13.2 Å². The summed E-state index contributed by atoms with van der Waals surface area (Å²) in [6, 6.07) is 11.2. The van der Waals surface area contributed by atoms with Gasteiger partial charge in [0.05, 0.1) is 22.6 Å². The van der Waals surface area contributed by atoms with Crippen molar-refractivity contribution in [1.82, 2.24) is 15.1 Å². The van der Waals surface area contributed by atoms with Crippen LogP contribution in [-0.4, -0.2) is 22.1 Å². The van der Waals surface area contributed by atoms with Crippen molar-refractivity contribution >= 4 is 5.91 Å². The van der Waals surface area contributed by atoms with Crippen molar-refractivity contribution in [2.45, 2.75) is 26.8 Å². The van der Waals surface area contributed by atoms with Gasteiger partial charge < -0.3 is 10.1 Å². The minimum Gasteiger partial charge on any atom is -0.405 e. The van der Waals surface area contributed by atoms with Crippen LogP contribution in [0.3, 0.4) is 0 Å². The Balaban J connectivity index is 1.80. The molecule has 0 saturated heterocycles. The van der Waals surface area contributed by atoms with E-state index in [0.717, 1.165) is 0 Å². The Morgan fingerprint density at radius 3 is 2.41 bits per heavy atom. The average Bonchev–Trinajstić information content (AvgIpc) is 2.94. The highest BCUT2D eigenvalue weighted by Crippen LogP contribution is 2.26. The van der Waals surface area contributed by atoms with E-state index in [2.05, 4.69) is 15.2 Å². The highest BCUT2D eigenvalue weighted by Gasteiger charge is 2.32. The normalized spacial score (nSPS) is 11.4. The van der Waals surface area contributed by atoms with Crippen LogP contribution in [-0.2, 0) is 6.54 Å². The van der Waals surface area contributed by atoms with Crippen LogP contribution in [0, 0.1) is 19.7 Å². The molecule has 0 saturated carbocycles. The second-order valence-corrected chi connectivity index (χ2v) is 6.27. The molecule has 1 aromatic heterocycles. The van der Waals surface area contributed by atoms with Gasteiger partial charge in [0.15, 0.2) is 0 Å². The van der Waals surface area contributed by atoms with Gasteiger partial charge >= 0.3 is 6.36 Å². The van der Waals surface area contributed by atoms with Crippen LogP contribution in [0.2, 0.25) is 0 Å². The van der Waals surface area contributed by atoms with Crippen LogP contribution < -0.4 is 10.1 Å². The minimum absolute atomic E-state index is 0.161. The SMILES string of the molecule is Cc1nn(-c2ccc(F)cc2)c(C)c1C(=O)NCc1ccccc1OC(F)(F)F. The predicted octanol–water partition coefficient (Wildman–Crippen LogP) is 4.46. The topological polar surface area (TPSA) is 56.2 Å². The largest absolute Gasteiger partial charge is 0.573 e. The highest BCUT2D eigenvalue weighted by atomic mass is 19.4. The lowest BCUT2D eigenvalue weighted by Gasteiger charge is -2.13. The molecule has 2 aromatic carbocycles. The number of carbonyl (C=O) groups excluding carboxylic acids is 1. The monoisotopic (exact) mass is 407 g/mol. The van der Waals surface area contributed by atoms with Gasteiger partial charge in [0.2, 0.25) is 0 Å². The Kier molecular flexibility index (Phi) is 5.58. The number of nitrogens with zero attached hydrogens (tertiary/aromatic N) is 2. The molecule has 152 valence electrons. The number of alkyl halides is 3. The van der Waals surface area contributed by atoms with E-state index in [1.807, 2.05) is 0 Å². The lowest BCUT2D eigenvalue weighted by atomic mass is 10.1. The number of rotatable bonds is 5. The molecule has 3 aromatic rings. The quantitative estimate of drug-likeness (QED) is 0.636. The van der Waals surface area contributed by atoms with E-state index in [-0.39, 0.29) is 17.9 Å². The molecule has 0 bridgehead atoms. The third kappa shape index (κ3) is 4.74. The van der Waals surface area contributed by atoms with E-state index in [1.54, 1.807) is 19.9 Å². The fourth-order valence-electron chi connectivity index (χ4n) is 2.94. The van der Waals surface area contributed by atoms with Crippen LogP contribution >= 0.6 is 0 Å². The predicted molar refractivity (Wildman–Crippen MR) is 97.3 cm³/mol. The molecular formula is C20H17F4N3O2. The number of aromatic nitrogens is 2. The van der Waals surface area contributed by atoms with Crippen LogP contribution in [0.25, 0.3) is 5.69 Å². The van der Waals surface area contributed by atoms with E-state index >= 15 is 0 Å². The Morgan fingerprint density at radius 1 is 1.10 bits per heavy atom. The fourth-order valence-corrected chi connectivity index (χ4v) is 2.94. The number of hydrogen-bond acceptors (Lipinski definition) is 3. The van der Waals surface area contributed by atoms with Gasteiger partial charge in [0, 0.05) is 12.1 Å². The molecule has 0 aliphatic rings. The number of benzene rings is 2. The number of aryl methyl sites for hydroxylation is 1. The summed E-state index contributed by atoms with van der Waals surface area (Å²) in [7, 11) is 0. The number of nitrogens with one attached hydrogen (secondary N) is 1. The number of carbonyl (C=O) groups is 1. The summed E-state index contributed by atoms with van der Waals surface area (Å²) >= 11 is 0. The first-order valence-electron chi connectivity index (χ1n) is 8.59. The van der Waals surface area contributed by atoms with E-state index in [1.165, 1.54) is 47.1 Å². The van der Waals surface area contributed by atoms with Gasteiger partial charge in [-0.05, 0) is 44.2 Å². The second kappa shape index (κ2) is 7.94. The zero-order valence-corrected chi connectivity index (χ0v) is 15.5. The molecule has 0 aliphatic heterocycles. The molecule has 29 heavy (non-hydrogen) atoms. The number of amides is 1. The lowest BCUT2D eigenvalue weighted by molar-refractivity contribution is -0.274.